The van der Waals surface area contributed by atoms with Crippen LogP contribution in [0.3, 0.4) is 0 Å². The summed E-state index contributed by atoms with van der Waals surface area (Å²) < 4.78 is 1.86. The number of aromatic nitrogens is 2. The van der Waals surface area contributed by atoms with Crippen LogP contribution in [0.4, 0.5) is 5.69 Å². The summed E-state index contributed by atoms with van der Waals surface area (Å²) in [7, 11) is 1.92. The molecule has 3 saturated heterocycles. The molecule has 2 aromatic rings. The number of hydrogen-bond acceptors (Lipinski definition) is 7. The maximum absolute atomic E-state index is 12.5. The Balaban J connectivity index is 1.36. The van der Waals surface area contributed by atoms with Gasteiger partial charge < -0.3 is 15.3 Å². The lowest BCUT2D eigenvalue weighted by Crippen LogP contribution is -2.60. The molecule has 5 rings (SSSR count). The number of nitrogens with one attached hydrogen (secondary N) is 2. The summed E-state index contributed by atoms with van der Waals surface area (Å²) in [5.74, 6) is -0.582. The lowest BCUT2D eigenvalue weighted by atomic mass is 9.86. The summed E-state index contributed by atoms with van der Waals surface area (Å²) in [6.07, 6.45) is 2.84. The number of piperidine rings is 2. The Morgan fingerprint density at radius 1 is 1.09 bits per heavy atom. The van der Waals surface area contributed by atoms with Gasteiger partial charge in [-0.2, -0.15) is 5.10 Å². The summed E-state index contributed by atoms with van der Waals surface area (Å²) in [5.41, 5.74) is 2.07. The van der Waals surface area contributed by atoms with Gasteiger partial charge in [0.2, 0.25) is 11.8 Å². The van der Waals surface area contributed by atoms with Gasteiger partial charge in [-0.1, -0.05) is 12.1 Å². The van der Waals surface area contributed by atoms with Crippen molar-refractivity contribution < 1.29 is 14.7 Å². The third-order valence-electron chi connectivity index (χ3n) is 7.81. The monoisotopic (exact) mass is 454 g/mol. The highest BCUT2D eigenvalue weighted by Crippen LogP contribution is 2.36. The first-order chi connectivity index (χ1) is 15.9. The standard InChI is InChI=1S/C24H34N6O3/c1-24(33,16-8-10-25-11-9-16)30-14-12-29(13-15-30)19-5-3-4-17-21(27-28(2)22(17)19)18-6-7-20(31)26-23(18)32/h3-5,16,18,25,33H,6-15H2,1-2H3,(H,26,31,32)/t18?,24-/m1/s1. The minimum atomic E-state index is -0.786. The maximum Gasteiger partial charge on any atom is 0.235 e. The Morgan fingerprint density at radius 2 is 1.82 bits per heavy atom. The molecule has 0 radical (unpaired) electrons. The summed E-state index contributed by atoms with van der Waals surface area (Å²) in [4.78, 5) is 28.7. The van der Waals surface area contributed by atoms with E-state index in [9.17, 15) is 14.7 Å². The quantitative estimate of drug-likeness (QED) is 0.591. The largest absolute Gasteiger partial charge is 0.376 e. The molecule has 2 atom stereocenters. The number of rotatable bonds is 4. The van der Waals surface area contributed by atoms with Gasteiger partial charge in [0.05, 0.1) is 22.8 Å². The summed E-state index contributed by atoms with van der Waals surface area (Å²) in [5, 5.41) is 22.9. The first-order valence-electron chi connectivity index (χ1n) is 12.1. The number of carbonyl (C=O) groups is 2. The Kier molecular flexibility index (Phi) is 5.88. The number of fused-ring (bicyclic) bond motifs is 1. The van der Waals surface area contributed by atoms with E-state index in [1.807, 2.05) is 30.8 Å². The number of anilines is 1. The lowest BCUT2D eigenvalue weighted by molar-refractivity contribution is -0.144. The number of aryl methyl sites for hydroxylation is 1. The zero-order valence-corrected chi connectivity index (χ0v) is 19.5. The molecule has 0 spiro atoms. The normalized spacial score (nSPS) is 25.3. The van der Waals surface area contributed by atoms with Gasteiger partial charge in [0.15, 0.2) is 0 Å². The SMILES string of the molecule is Cn1nc(C2CCC(=O)NC2=O)c2cccc(N3CCN([C@](C)(O)C4CCNCC4)CC3)c21. The molecule has 1 aromatic heterocycles. The molecule has 0 saturated carbocycles. The second-order valence-corrected chi connectivity index (χ2v) is 9.78. The van der Waals surface area contributed by atoms with E-state index in [1.54, 1.807) is 0 Å². The van der Waals surface area contributed by atoms with Gasteiger partial charge in [-0.25, -0.2) is 0 Å². The molecule has 33 heavy (non-hydrogen) atoms. The van der Waals surface area contributed by atoms with E-state index < -0.39 is 11.6 Å². The molecular weight excluding hydrogens is 420 g/mol. The molecule has 178 valence electrons. The number of para-hydroxylation sites is 1. The summed E-state index contributed by atoms with van der Waals surface area (Å²) >= 11 is 0. The predicted octanol–water partition coefficient (Wildman–Crippen LogP) is 0.924. The number of aliphatic hydroxyl groups is 1. The molecule has 1 aromatic carbocycles. The van der Waals surface area contributed by atoms with E-state index in [2.05, 4.69) is 26.5 Å². The van der Waals surface area contributed by atoms with Crippen LogP contribution >= 0.6 is 0 Å². The topological polar surface area (TPSA) is 103 Å². The number of piperazine rings is 1. The Bertz CT molecular complexity index is 1050. The van der Waals surface area contributed by atoms with Gasteiger partial charge in [-0.3, -0.25) is 24.5 Å². The number of imide groups is 1. The van der Waals surface area contributed by atoms with Crippen molar-refractivity contribution in [2.75, 3.05) is 44.2 Å². The third-order valence-corrected chi connectivity index (χ3v) is 7.81. The Morgan fingerprint density at radius 3 is 2.52 bits per heavy atom. The molecule has 0 aliphatic carbocycles. The van der Waals surface area contributed by atoms with Crippen LogP contribution in [0, 0.1) is 5.92 Å². The molecule has 4 heterocycles. The maximum atomic E-state index is 12.5. The van der Waals surface area contributed by atoms with Crippen molar-refractivity contribution >= 4 is 28.4 Å². The Labute approximate surface area is 194 Å². The molecular formula is C24H34N6O3. The van der Waals surface area contributed by atoms with E-state index >= 15 is 0 Å². The molecule has 1 unspecified atom stereocenters. The van der Waals surface area contributed by atoms with Crippen LogP contribution < -0.4 is 15.5 Å². The van der Waals surface area contributed by atoms with E-state index in [0.717, 1.165) is 74.4 Å². The summed E-state index contributed by atoms with van der Waals surface area (Å²) in [6, 6.07) is 6.15. The number of hydrogen-bond donors (Lipinski definition) is 3. The van der Waals surface area contributed by atoms with Gasteiger partial charge in [0.25, 0.3) is 0 Å². The van der Waals surface area contributed by atoms with Gasteiger partial charge >= 0.3 is 0 Å². The van der Waals surface area contributed by atoms with Crippen molar-refractivity contribution in [3.63, 3.8) is 0 Å². The van der Waals surface area contributed by atoms with E-state index in [0.29, 0.717) is 18.8 Å². The molecule has 2 amide bonds. The average Bonchev–Trinajstić information content (AvgIpc) is 3.16. The van der Waals surface area contributed by atoms with Gasteiger partial charge in [-0.15, -0.1) is 0 Å². The Hall–Kier alpha value is -2.49. The second-order valence-electron chi connectivity index (χ2n) is 9.78. The first-order valence-corrected chi connectivity index (χ1v) is 12.1. The molecule has 9 heteroatoms. The fourth-order valence-electron chi connectivity index (χ4n) is 5.84. The number of benzene rings is 1. The van der Waals surface area contributed by atoms with Crippen molar-refractivity contribution in [1.29, 1.82) is 0 Å². The van der Waals surface area contributed by atoms with Crippen LogP contribution in [0.25, 0.3) is 10.9 Å². The number of nitrogens with zero attached hydrogens (tertiary/aromatic N) is 4. The van der Waals surface area contributed by atoms with Gasteiger partial charge in [0.1, 0.15) is 5.72 Å². The highest BCUT2D eigenvalue weighted by molar-refractivity contribution is 6.03. The van der Waals surface area contributed by atoms with Gasteiger partial charge in [-0.05, 0) is 45.3 Å². The molecule has 0 bridgehead atoms. The van der Waals surface area contributed by atoms with Crippen LogP contribution in [0.15, 0.2) is 18.2 Å². The van der Waals surface area contributed by atoms with Crippen LogP contribution in [-0.2, 0) is 16.6 Å². The third kappa shape index (κ3) is 4.02. The van der Waals surface area contributed by atoms with E-state index in [4.69, 9.17) is 5.10 Å². The van der Waals surface area contributed by atoms with Crippen molar-refractivity contribution in [2.24, 2.45) is 13.0 Å². The fourth-order valence-corrected chi connectivity index (χ4v) is 5.84. The van der Waals surface area contributed by atoms with Crippen molar-refractivity contribution in [3.8, 4) is 0 Å². The highest BCUT2D eigenvalue weighted by Gasteiger charge is 2.40. The van der Waals surface area contributed by atoms with E-state index in [-0.39, 0.29) is 11.8 Å². The smallest absolute Gasteiger partial charge is 0.235 e. The minimum Gasteiger partial charge on any atom is -0.376 e. The molecule has 3 aliphatic heterocycles. The highest BCUT2D eigenvalue weighted by atomic mass is 16.3. The first kappa shape index (κ1) is 22.3. The molecule has 9 nitrogen and oxygen atoms in total. The molecule has 3 aliphatic rings. The van der Waals surface area contributed by atoms with Crippen LogP contribution in [0.5, 0.6) is 0 Å². The minimum absolute atomic E-state index is 0.213. The molecule has 3 N–H and O–H groups in total. The van der Waals surface area contributed by atoms with E-state index in [1.165, 1.54) is 0 Å². The van der Waals surface area contributed by atoms with Crippen molar-refractivity contribution in [2.45, 2.75) is 44.2 Å². The van der Waals surface area contributed by atoms with Gasteiger partial charge in [0, 0.05) is 51.0 Å². The average molecular weight is 455 g/mol. The van der Waals surface area contributed by atoms with Crippen molar-refractivity contribution in [3.05, 3.63) is 23.9 Å². The van der Waals surface area contributed by atoms with Crippen LogP contribution in [-0.4, -0.2) is 76.6 Å². The van der Waals surface area contributed by atoms with Crippen LogP contribution in [0.1, 0.15) is 44.2 Å². The predicted molar refractivity (Wildman–Crippen MR) is 126 cm³/mol. The number of carbonyl (C=O) groups excluding carboxylic acids is 2. The fraction of sp³-hybridized carbons (Fsp3) is 0.625. The second kappa shape index (κ2) is 8.70. The zero-order valence-electron chi connectivity index (χ0n) is 19.5. The van der Waals surface area contributed by atoms with Crippen molar-refractivity contribution in [1.82, 2.24) is 25.3 Å². The zero-order chi connectivity index (χ0) is 23.2. The number of amides is 2. The lowest BCUT2D eigenvalue weighted by Gasteiger charge is -2.48. The summed E-state index contributed by atoms with van der Waals surface area (Å²) in [6.45, 7) is 7.15. The van der Waals surface area contributed by atoms with Crippen LogP contribution in [0.2, 0.25) is 0 Å². The molecule has 3 fully saturated rings.